The smallest absolute Gasteiger partial charge is 0.124 e. The highest BCUT2D eigenvalue weighted by Gasteiger charge is 2.33. The summed E-state index contributed by atoms with van der Waals surface area (Å²) >= 11 is 0. The van der Waals surface area contributed by atoms with E-state index in [1.807, 2.05) is 6.07 Å². The lowest BCUT2D eigenvalue weighted by molar-refractivity contribution is 0.0809. The quantitative estimate of drug-likeness (QED) is 0.473. The molecule has 3 nitrogen and oxygen atoms in total. The maximum Gasteiger partial charge on any atom is 0.124 e. The van der Waals surface area contributed by atoms with Crippen molar-refractivity contribution >= 4 is 0 Å². The van der Waals surface area contributed by atoms with Crippen LogP contribution in [0.4, 0.5) is 0 Å². The SMILES string of the molecule is C=CCOc1ccccc1CN1CCN(C)C(C(c2ccccc2)c2ccccc2)C1. The lowest BCUT2D eigenvalue weighted by Crippen LogP contribution is -2.53. The highest BCUT2D eigenvalue weighted by molar-refractivity contribution is 5.36. The Bertz CT molecular complexity index is 918. The molecule has 1 unspecified atom stereocenters. The van der Waals surface area contributed by atoms with Crippen LogP contribution in [0.2, 0.25) is 0 Å². The van der Waals surface area contributed by atoms with Gasteiger partial charge in [0.15, 0.2) is 0 Å². The maximum atomic E-state index is 5.91. The minimum absolute atomic E-state index is 0.336. The molecule has 3 aromatic rings. The molecule has 0 aromatic heterocycles. The van der Waals surface area contributed by atoms with Crippen molar-refractivity contribution in [3.05, 3.63) is 114 Å². The molecule has 3 aromatic carbocycles. The molecule has 0 saturated carbocycles. The number of benzene rings is 3. The van der Waals surface area contributed by atoms with Crippen LogP contribution in [0.25, 0.3) is 0 Å². The molecule has 0 N–H and O–H groups in total. The highest BCUT2D eigenvalue weighted by Crippen LogP contribution is 2.33. The molecule has 0 amide bonds. The van der Waals surface area contributed by atoms with Gasteiger partial charge in [-0.2, -0.15) is 0 Å². The van der Waals surface area contributed by atoms with E-state index in [4.69, 9.17) is 4.74 Å². The van der Waals surface area contributed by atoms with Crippen LogP contribution in [-0.2, 0) is 6.54 Å². The molecule has 1 saturated heterocycles. The molecule has 0 spiro atoms. The third kappa shape index (κ3) is 5.25. The van der Waals surface area contributed by atoms with E-state index in [0.29, 0.717) is 18.6 Å². The van der Waals surface area contributed by atoms with Crippen molar-refractivity contribution in [2.45, 2.75) is 18.5 Å². The summed E-state index contributed by atoms with van der Waals surface area (Å²) in [6, 6.07) is 30.6. The Morgan fingerprint density at radius 2 is 1.52 bits per heavy atom. The number of hydrogen-bond acceptors (Lipinski definition) is 3. The number of ether oxygens (including phenoxy) is 1. The van der Waals surface area contributed by atoms with Crippen LogP contribution in [0.3, 0.4) is 0 Å². The van der Waals surface area contributed by atoms with E-state index in [1.54, 1.807) is 6.08 Å². The lowest BCUT2D eigenvalue weighted by atomic mass is 9.83. The zero-order valence-corrected chi connectivity index (χ0v) is 18.4. The molecule has 1 heterocycles. The largest absolute Gasteiger partial charge is 0.489 e. The summed E-state index contributed by atoms with van der Waals surface area (Å²) < 4.78 is 5.91. The monoisotopic (exact) mass is 412 g/mol. The number of rotatable bonds is 8. The molecular formula is C28H32N2O. The first kappa shape index (κ1) is 21.4. The minimum Gasteiger partial charge on any atom is -0.489 e. The molecule has 1 aliphatic rings. The fourth-order valence-corrected chi connectivity index (χ4v) is 4.59. The van der Waals surface area contributed by atoms with Gasteiger partial charge in [0.2, 0.25) is 0 Å². The van der Waals surface area contributed by atoms with Crippen LogP contribution >= 0.6 is 0 Å². The van der Waals surface area contributed by atoms with E-state index in [-0.39, 0.29) is 0 Å². The van der Waals surface area contributed by atoms with E-state index < -0.39 is 0 Å². The summed E-state index contributed by atoms with van der Waals surface area (Å²) in [5, 5.41) is 0. The molecular weight excluding hydrogens is 380 g/mol. The van der Waals surface area contributed by atoms with E-state index in [0.717, 1.165) is 31.9 Å². The average molecular weight is 413 g/mol. The van der Waals surface area contributed by atoms with E-state index in [2.05, 4.69) is 102 Å². The molecule has 0 aliphatic carbocycles. The van der Waals surface area contributed by atoms with Crippen molar-refractivity contribution in [2.24, 2.45) is 0 Å². The standard InChI is InChI=1S/C28H32N2O/c1-3-20-31-27-17-11-10-16-25(27)21-30-19-18-29(2)26(22-30)28(23-12-6-4-7-13-23)24-14-8-5-9-15-24/h3-17,26,28H,1,18-22H2,2H3. The Hall–Kier alpha value is -2.88. The van der Waals surface area contributed by atoms with Gasteiger partial charge >= 0.3 is 0 Å². The number of nitrogens with zero attached hydrogens (tertiary/aromatic N) is 2. The van der Waals surface area contributed by atoms with Crippen LogP contribution in [0, 0.1) is 0 Å². The first-order valence-corrected chi connectivity index (χ1v) is 11.1. The van der Waals surface area contributed by atoms with Gasteiger partial charge in [0, 0.05) is 43.7 Å². The van der Waals surface area contributed by atoms with Gasteiger partial charge < -0.3 is 4.74 Å². The maximum absolute atomic E-state index is 5.91. The fourth-order valence-electron chi connectivity index (χ4n) is 4.59. The van der Waals surface area contributed by atoms with Crippen molar-refractivity contribution in [1.82, 2.24) is 9.80 Å². The minimum atomic E-state index is 0.336. The third-order valence-corrected chi connectivity index (χ3v) is 6.21. The van der Waals surface area contributed by atoms with Crippen molar-refractivity contribution in [1.29, 1.82) is 0 Å². The summed E-state index contributed by atoms with van der Waals surface area (Å²) in [4.78, 5) is 5.10. The molecule has 4 rings (SSSR count). The van der Waals surface area contributed by atoms with Crippen molar-refractivity contribution in [2.75, 3.05) is 33.3 Å². The van der Waals surface area contributed by atoms with Crippen molar-refractivity contribution in [3.8, 4) is 5.75 Å². The van der Waals surface area contributed by atoms with Crippen molar-refractivity contribution in [3.63, 3.8) is 0 Å². The first-order valence-electron chi connectivity index (χ1n) is 11.1. The number of hydrogen-bond donors (Lipinski definition) is 0. The zero-order valence-electron chi connectivity index (χ0n) is 18.4. The van der Waals surface area contributed by atoms with Crippen LogP contribution in [-0.4, -0.2) is 49.1 Å². The number of likely N-dealkylation sites (N-methyl/N-ethyl adjacent to an activating group) is 1. The van der Waals surface area contributed by atoms with E-state index in [1.165, 1.54) is 16.7 Å². The topological polar surface area (TPSA) is 15.7 Å². The van der Waals surface area contributed by atoms with Crippen LogP contribution in [0.5, 0.6) is 5.75 Å². The van der Waals surface area contributed by atoms with Crippen LogP contribution in [0.1, 0.15) is 22.6 Å². The summed E-state index contributed by atoms with van der Waals surface area (Å²) in [6.45, 7) is 8.33. The van der Waals surface area contributed by atoms with Gasteiger partial charge in [0.05, 0.1) is 0 Å². The summed E-state index contributed by atoms with van der Waals surface area (Å²) in [7, 11) is 2.27. The Morgan fingerprint density at radius 1 is 0.903 bits per heavy atom. The van der Waals surface area contributed by atoms with Gasteiger partial charge in [0.25, 0.3) is 0 Å². The molecule has 1 atom stereocenters. The lowest BCUT2D eigenvalue weighted by Gasteiger charge is -2.43. The zero-order chi connectivity index (χ0) is 21.5. The molecule has 0 bridgehead atoms. The van der Waals surface area contributed by atoms with Gasteiger partial charge in [-0.3, -0.25) is 9.80 Å². The number of para-hydroxylation sites is 1. The highest BCUT2D eigenvalue weighted by atomic mass is 16.5. The predicted octanol–water partition coefficient (Wildman–Crippen LogP) is 5.20. The second-order valence-electron chi connectivity index (χ2n) is 8.29. The molecule has 3 heteroatoms. The predicted molar refractivity (Wildman–Crippen MR) is 129 cm³/mol. The van der Waals surface area contributed by atoms with Gasteiger partial charge in [0.1, 0.15) is 12.4 Å². The second-order valence-corrected chi connectivity index (χ2v) is 8.29. The van der Waals surface area contributed by atoms with Gasteiger partial charge in [-0.25, -0.2) is 0 Å². The molecule has 0 radical (unpaired) electrons. The normalized spacial score (nSPS) is 17.5. The molecule has 31 heavy (non-hydrogen) atoms. The van der Waals surface area contributed by atoms with Gasteiger partial charge in [-0.05, 0) is 24.2 Å². The van der Waals surface area contributed by atoms with Crippen LogP contribution in [0.15, 0.2) is 97.6 Å². The second kappa shape index (κ2) is 10.4. The third-order valence-electron chi connectivity index (χ3n) is 6.21. The average Bonchev–Trinajstić information content (AvgIpc) is 2.82. The van der Waals surface area contributed by atoms with Gasteiger partial charge in [-0.1, -0.05) is 91.5 Å². The Morgan fingerprint density at radius 3 is 2.16 bits per heavy atom. The Kier molecular flexibility index (Phi) is 7.18. The van der Waals surface area contributed by atoms with E-state index in [9.17, 15) is 0 Å². The summed E-state index contributed by atoms with van der Waals surface area (Å²) in [5.41, 5.74) is 3.99. The Balaban J connectivity index is 1.58. The molecule has 1 fully saturated rings. The van der Waals surface area contributed by atoms with Gasteiger partial charge in [-0.15, -0.1) is 0 Å². The van der Waals surface area contributed by atoms with Crippen molar-refractivity contribution < 1.29 is 4.74 Å². The molecule has 160 valence electrons. The first-order chi connectivity index (χ1) is 15.3. The fraction of sp³-hybridized carbons (Fsp3) is 0.286. The van der Waals surface area contributed by atoms with E-state index >= 15 is 0 Å². The molecule has 1 aliphatic heterocycles. The summed E-state index contributed by atoms with van der Waals surface area (Å²) in [6.07, 6.45) is 1.80. The summed E-state index contributed by atoms with van der Waals surface area (Å²) in [5.74, 6) is 1.29. The van der Waals surface area contributed by atoms with Crippen LogP contribution < -0.4 is 4.74 Å². The Labute approximate surface area is 186 Å². The number of piperazine rings is 1.